The fourth-order valence-electron chi connectivity index (χ4n) is 1.43. The monoisotopic (exact) mass is 225 g/mol. The smallest absolute Gasteiger partial charge is 0.0662 e. The topological polar surface area (TPSA) is 39.1 Å². The molecule has 0 bridgehead atoms. The molecule has 0 amide bonds. The van der Waals surface area contributed by atoms with E-state index in [1.54, 1.807) is 0 Å². The molecule has 0 saturated carbocycles. The third-order valence-corrected chi connectivity index (χ3v) is 2.26. The zero-order chi connectivity index (χ0) is 11.8. The van der Waals surface area contributed by atoms with Gasteiger partial charge in [0, 0.05) is 19.3 Å². The quantitative estimate of drug-likeness (QED) is 0.684. The summed E-state index contributed by atoms with van der Waals surface area (Å²) >= 11 is 0. The highest BCUT2D eigenvalue weighted by Gasteiger charge is 2.01. The first-order chi connectivity index (χ1) is 7.74. The van der Waals surface area contributed by atoms with E-state index in [9.17, 15) is 0 Å². The Balaban J connectivity index is 2.27. The first-order valence-electron chi connectivity index (χ1n) is 6.03. The van der Waals surface area contributed by atoms with E-state index in [1.165, 1.54) is 5.69 Å². The van der Waals surface area contributed by atoms with Crippen LogP contribution in [-0.2, 0) is 17.8 Å². The van der Waals surface area contributed by atoms with Gasteiger partial charge in [-0.2, -0.15) is 5.10 Å². The van der Waals surface area contributed by atoms with Gasteiger partial charge in [0.25, 0.3) is 0 Å². The summed E-state index contributed by atoms with van der Waals surface area (Å²) in [5, 5.41) is 7.58. The van der Waals surface area contributed by atoms with Crippen LogP contribution in [0.5, 0.6) is 0 Å². The maximum Gasteiger partial charge on any atom is 0.0662 e. The van der Waals surface area contributed by atoms with E-state index in [0.29, 0.717) is 5.92 Å². The number of hydrogen-bond donors (Lipinski definition) is 1. The number of ether oxygens (including phenoxy) is 1. The third kappa shape index (κ3) is 4.77. The van der Waals surface area contributed by atoms with Gasteiger partial charge in [-0.3, -0.25) is 4.68 Å². The molecule has 0 aromatic carbocycles. The van der Waals surface area contributed by atoms with Crippen LogP contribution in [0.3, 0.4) is 0 Å². The third-order valence-electron chi connectivity index (χ3n) is 2.26. The zero-order valence-electron chi connectivity index (χ0n) is 10.6. The first-order valence-corrected chi connectivity index (χ1v) is 6.03. The van der Waals surface area contributed by atoms with Gasteiger partial charge in [-0.15, -0.1) is 0 Å². The van der Waals surface area contributed by atoms with Crippen molar-refractivity contribution < 1.29 is 4.74 Å². The lowest BCUT2D eigenvalue weighted by Gasteiger charge is -2.09. The molecule has 0 atom stereocenters. The number of nitrogens with zero attached hydrogens (tertiary/aromatic N) is 2. The molecule has 0 saturated heterocycles. The minimum Gasteiger partial charge on any atom is -0.379 e. The van der Waals surface area contributed by atoms with Gasteiger partial charge in [0.05, 0.1) is 18.8 Å². The minimum atomic E-state index is 0.596. The molecule has 1 rings (SSSR count). The molecule has 1 aromatic heterocycles. The Morgan fingerprint density at radius 2 is 2.31 bits per heavy atom. The molecule has 1 N–H and O–H groups in total. The van der Waals surface area contributed by atoms with Crippen LogP contribution < -0.4 is 5.32 Å². The van der Waals surface area contributed by atoms with E-state index >= 15 is 0 Å². The predicted octanol–water partition coefficient (Wildman–Crippen LogP) is 1.67. The SMILES string of the molecule is CCNCc1ccnn1CCOCC(C)C. The largest absolute Gasteiger partial charge is 0.379 e. The maximum atomic E-state index is 5.55. The van der Waals surface area contributed by atoms with Gasteiger partial charge >= 0.3 is 0 Å². The van der Waals surface area contributed by atoms with Crippen molar-refractivity contribution in [3.8, 4) is 0 Å². The Morgan fingerprint density at radius 1 is 1.50 bits per heavy atom. The highest BCUT2D eigenvalue weighted by atomic mass is 16.5. The van der Waals surface area contributed by atoms with Crippen LogP contribution in [0, 0.1) is 5.92 Å². The second kappa shape index (κ2) is 7.41. The highest BCUT2D eigenvalue weighted by Crippen LogP contribution is 1.99. The maximum absolute atomic E-state index is 5.55. The normalized spacial score (nSPS) is 11.2. The lowest BCUT2D eigenvalue weighted by molar-refractivity contribution is 0.100. The van der Waals surface area contributed by atoms with Crippen molar-refractivity contribution in [2.24, 2.45) is 5.92 Å². The lowest BCUT2D eigenvalue weighted by atomic mass is 10.2. The summed E-state index contributed by atoms with van der Waals surface area (Å²) in [6, 6.07) is 2.05. The van der Waals surface area contributed by atoms with Crippen LogP contribution in [-0.4, -0.2) is 29.5 Å². The Kier molecular flexibility index (Phi) is 6.11. The van der Waals surface area contributed by atoms with Crippen molar-refractivity contribution in [1.29, 1.82) is 0 Å². The first kappa shape index (κ1) is 13.2. The Morgan fingerprint density at radius 3 is 3.00 bits per heavy atom. The number of hydrogen-bond acceptors (Lipinski definition) is 3. The van der Waals surface area contributed by atoms with E-state index in [2.05, 4.69) is 31.2 Å². The molecule has 92 valence electrons. The summed E-state index contributed by atoms with van der Waals surface area (Å²) in [5.74, 6) is 0.596. The molecule has 0 radical (unpaired) electrons. The van der Waals surface area contributed by atoms with Crippen molar-refractivity contribution in [3.63, 3.8) is 0 Å². The molecule has 0 aliphatic heterocycles. The lowest BCUT2D eigenvalue weighted by Crippen LogP contribution is -2.18. The molecule has 16 heavy (non-hydrogen) atoms. The number of rotatable bonds is 8. The van der Waals surface area contributed by atoms with Gasteiger partial charge in [0.2, 0.25) is 0 Å². The van der Waals surface area contributed by atoms with Crippen LogP contribution in [0.25, 0.3) is 0 Å². The summed E-state index contributed by atoms with van der Waals surface area (Å²) < 4.78 is 7.55. The molecule has 4 heteroatoms. The van der Waals surface area contributed by atoms with Gasteiger partial charge in [0.15, 0.2) is 0 Å². The second-order valence-corrected chi connectivity index (χ2v) is 4.29. The molecule has 1 aromatic rings. The summed E-state index contributed by atoms with van der Waals surface area (Å²) in [6.45, 7) is 10.7. The highest BCUT2D eigenvalue weighted by molar-refractivity contribution is 4.99. The molecule has 0 fully saturated rings. The average molecular weight is 225 g/mol. The van der Waals surface area contributed by atoms with E-state index in [4.69, 9.17) is 4.74 Å². The molecule has 0 unspecified atom stereocenters. The fourth-order valence-corrected chi connectivity index (χ4v) is 1.43. The van der Waals surface area contributed by atoms with Crippen LogP contribution in [0.2, 0.25) is 0 Å². The van der Waals surface area contributed by atoms with Gasteiger partial charge in [0.1, 0.15) is 0 Å². The molecule has 1 heterocycles. The summed E-state index contributed by atoms with van der Waals surface area (Å²) in [7, 11) is 0. The molecule has 0 aliphatic rings. The predicted molar refractivity (Wildman–Crippen MR) is 65.3 cm³/mol. The molecule has 4 nitrogen and oxygen atoms in total. The van der Waals surface area contributed by atoms with Crippen LogP contribution in [0.4, 0.5) is 0 Å². The second-order valence-electron chi connectivity index (χ2n) is 4.29. The summed E-state index contributed by atoms with van der Waals surface area (Å²) in [4.78, 5) is 0. The Bertz CT molecular complexity index is 284. The van der Waals surface area contributed by atoms with Gasteiger partial charge in [-0.05, 0) is 18.5 Å². The number of aromatic nitrogens is 2. The van der Waals surface area contributed by atoms with Crippen LogP contribution in [0.15, 0.2) is 12.3 Å². The van der Waals surface area contributed by atoms with E-state index in [1.807, 2.05) is 16.9 Å². The minimum absolute atomic E-state index is 0.596. The molecule has 0 spiro atoms. The van der Waals surface area contributed by atoms with Gasteiger partial charge < -0.3 is 10.1 Å². The van der Waals surface area contributed by atoms with Crippen molar-refractivity contribution >= 4 is 0 Å². The summed E-state index contributed by atoms with van der Waals surface area (Å²) in [6.07, 6.45) is 1.84. The zero-order valence-corrected chi connectivity index (χ0v) is 10.6. The van der Waals surface area contributed by atoms with E-state index in [0.717, 1.165) is 32.8 Å². The molecular weight excluding hydrogens is 202 g/mol. The van der Waals surface area contributed by atoms with E-state index < -0.39 is 0 Å². The standard InChI is InChI=1S/C12H23N3O/c1-4-13-9-12-5-6-14-15(12)7-8-16-10-11(2)3/h5-6,11,13H,4,7-10H2,1-3H3. The van der Waals surface area contributed by atoms with Crippen molar-refractivity contribution in [1.82, 2.24) is 15.1 Å². The van der Waals surface area contributed by atoms with Crippen LogP contribution in [0.1, 0.15) is 26.5 Å². The van der Waals surface area contributed by atoms with Crippen LogP contribution >= 0.6 is 0 Å². The van der Waals surface area contributed by atoms with Gasteiger partial charge in [-0.25, -0.2) is 0 Å². The molecular formula is C12H23N3O. The fraction of sp³-hybridized carbons (Fsp3) is 0.750. The van der Waals surface area contributed by atoms with Crippen molar-refractivity contribution in [2.75, 3.05) is 19.8 Å². The molecule has 0 aliphatic carbocycles. The van der Waals surface area contributed by atoms with Crippen molar-refractivity contribution in [2.45, 2.75) is 33.9 Å². The van der Waals surface area contributed by atoms with Crippen molar-refractivity contribution in [3.05, 3.63) is 18.0 Å². The summed E-state index contributed by atoms with van der Waals surface area (Å²) in [5.41, 5.74) is 1.22. The van der Waals surface area contributed by atoms with E-state index in [-0.39, 0.29) is 0 Å². The Hall–Kier alpha value is -0.870. The number of nitrogens with one attached hydrogen (secondary N) is 1. The average Bonchev–Trinajstić information content (AvgIpc) is 2.69. The van der Waals surface area contributed by atoms with Gasteiger partial charge in [-0.1, -0.05) is 20.8 Å². The Labute approximate surface area is 98.0 Å².